The fourth-order valence-corrected chi connectivity index (χ4v) is 1.98. The summed E-state index contributed by atoms with van der Waals surface area (Å²) in [6, 6.07) is 5.64. The van der Waals surface area contributed by atoms with Gasteiger partial charge in [0.25, 0.3) is 0 Å². The second-order valence-corrected chi connectivity index (χ2v) is 5.53. The normalized spacial score (nSPS) is 11.7. The predicted molar refractivity (Wildman–Crippen MR) is 83.8 cm³/mol. The van der Waals surface area contributed by atoms with Crippen molar-refractivity contribution >= 4 is 17.7 Å². The second-order valence-electron chi connectivity index (χ2n) is 5.53. The van der Waals surface area contributed by atoms with Crippen LogP contribution in [0.25, 0.3) is 0 Å². The first-order valence-electron chi connectivity index (χ1n) is 7.35. The first-order valence-corrected chi connectivity index (χ1v) is 7.35. The number of carbonyl (C=O) groups is 3. The zero-order chi connectivity index (χ0) is 17.4. The molecule has 0 saturated carbocycles. The van der Waals surface area contributed by atoms with Crippen molar-refractivity contribution in [1.29, 1.82) is 0 Å². The zero-order valence-corrected chi connectivity index (χ0v) is 13.5. The van der Waals surface area contributed by atoms with Crippen molar-refractivity contribution in [3.05, 3.63) is 35.6 Å². The summed E-state index contributed by atoms with van der Waals surface area (Å²) in [7, 11) is 0. The summed E-state index contributed by atoms with van der Waals surface area (Å²) in [6.07, 6.45) is 0. The molecule has 23 heavy (non-hydrogen) atoms. The van der Waals surface area contributed by atoms with Crippen molar-refractivity contribution in [2.45, 2.75) is 26.8 Å². The van der Waals surface area contributed by atoms with E-state index >= 15 is 0 Å². The lowest BCUT2D eigenvalue weighted by Gasteiger charge is -2.23. The van der Waals surface area contributed by atoms with E-state index in [0.29, 0.717) is 0 Å². The van der Waals surface area contributed by atoms with Gasteiger partial charge >= 0.3 is 0 Å². The van der Waals surface area contributed by atoms with Crippen LogP contribution in [0.3, 0.4) is 0 Å². The molecule has 0 bridgehead atoms. The van der Waals surface area contributed by atoms with Gasteiger partial charge in [0.05, 0.1) is 19.1 Å². The number of hydrogen-bond acceptors (Lipinski definition) is 3. The van der Waals surface area contributed by atoms with E-state index in [2.05, 4.69) is 16.0 Å². The number of rotatable bonds is 7. The van der Waals surface area contributed by atoms with E-state index in [0.717, 1.165) is 5.56 Å². The Balaban J connectivity index is 2.53. The van der Waals surface area contributed by atoms with Crippen LogP contribution in [0.15, 0.2) is 24.3 Å². The van der Waals surface area contributed by atoms with Crippen molar-refractivity contribution in [3.8, 4) is 0 Å². The molecule has 0 aromatic heterocycles. The molecule has 1 aromatic carbocycles. The molecule has 0 saturated heterocycles. The van der Waals surface area contributed by atoms with Crippen LogP contribution >= 0.6 is 0 Å². The van der Waals surface area contributed by atoms with Gasteiger partial charge in [-0.05, 0) is 23.6 Å². The Kier molecular flexibility index (Phi) is 7.18. The lowest BCUT2D eigenvalue weighted by atomic mass is 9.96. The van der Waals surface area contributed by atoms with Crippen molar-refractivity contribution in [3.63, 3.8) is 0 Å². The van der Waals surface area contributed by atoms with E-state index in [-0.39, 0.29) is 42.7 Å². The van der Waals surface area contributed by atoms with Gasteiger partial charge in [-0.25, -0.2) is 4.39 Å². The van der Waals surface area contributed by atoms with Gasteiger partial charge in [0, 0.05) is 6.92 Å². The average molecular weight is 323 g/mol. The number of hydrogen-bond donors (Lipinski definition) is 3. The molecule has 126 valence electrons. The Bertz CT molecular complexity index is 558. The minimum atomic E-state index is -0.446. The van der Waals surface area contributed by atoms with Crippen molar-refractivity contribution in [1.82, 2.24) is 16.0 Å². The summed E-state index contributed by atoms with van der Waals surface area (Å²) in [5.74, 6) is -1.37. The topological polar surface area (TPSA) is 87.3 Å². The predicted octanol–water partition coefficient (Wildman–Crippen LogP) is 0.891. The van der Waals surface area contributed by atoms with Gasteiger partial charge in [-0.2, -0.15) is 0 Å². The van der Waals surface area contributed by atoms with Gasteiger partial charge < -0.3 is 16.0 Å². The maximum Gasteiger partial charge on any atom is 0.239 e. The van der Waals surface area contributed by atoms with Gasteiger partial charge in [0.1, 0.15) is 5.82 Å². The van der Waals surface area contributed by atoms with Crippen molar-refractivity contribution < 1.29 is 18.8 Å². The molecule has 1 unspecified atom stereocenters. The van der Waals surface area contributed by atoms with E-state index in [1.807, 2.05) is 13.8 Å². The largest absolute Gasteiger partial charge is 0.348 e. The standard InChI is InChI=1S/C16H22FN3O3/c1-10(2)16(12-4-6-13(17)7-5-12)20-15(23)9-19-14(22)8-18-11(3)21/h4-7,10,16H,8-9H2,1-3H3,(H,18,21)(H,19,22)(H,20,23). The Labute approximate surface area is 134 Å². The molecule has 1 aromatic rings. The summed E-state index contributed by atoms with van der Waals surface area (Å²) < 4.78 is 13.0. The summed E-state index contributed by atoms with van der Waals surface area (Å²) in [4.78, 5) is 34.1. The van der Waals surface area contributed by atoms with Gasteiger partial charge in [0.2, 0.25) is 17.7 Å². The van der Waals surface area contributed by atoms with Crippen LogP contribution < -0.4 is 16.0 Å². The number of halogens is 1. The molecule has 7 heteroatoms. The fraction of sp³-hybridized carbons (Fsp3) is 0.438. The third kappa shape index (κ3) is 6.90. The number of benzene rings is 1. The smallest absolute Gasteiger partial charge is 0.239 e. The SMILES string of the molecule is CC(=O)NCC(=O)NCC(=O)NC(c1ccc(F)cc1)C(C)C. The molecule has 0 spiro atoms. The summed E-state index contributed by atoms with van der Waals surface area (Å²) in [5, 5.41) is 7.57. The van der Waals surface area contributed by atoms with Gasteiger partial charge in [-0.3, -0.25) is 14.4 Å². The molecule has 3 N–H and O–H groups in total. The lowest BCUT2D eigenvalue weighted by molar-refractivity contribution is -0.127. The Morgan fingerprint density at radius 1 is 1.00 bits per heavy atom. The van der Waals surface area contributed by atoms with Crippen LogP contribution in [0.5, 0.6) is 0 Å². The number of carbonyl (C=O) groups excluding carboxylic acids is 3. The van der Waals surface area contributed by atoms with Gasteiger partial charge in [-0.1, -0.05) is 26.0 Å². The Morgan fingerprint density at radius 3 is 2.09 bits per heavy atom. The highest BCUT2D eigenvalue weighted by Gasteiger charge is 2.18. The third-order valence-electron chi connectivity index (χ3n) is 3.16. The van der Waals surface area contributed by atoms with E-state index in [1.54, 1.807) is 12.1 Å². The van der Waals surface area contributed by atoms with Crippen molar-refractivity contribution in [2.24, 2.45) is 5.92 Å². The molecule has 0 radical (unpaired) electrons. The molecule has 3 amide bonds. The minimum Gasteiger partial charge on any atom is -0.348 e. The molecule has 1 atom stereocenters. The van der Waals surface area contributed by atoms with Crippen LogP contribution in [0.2, 0.25) is 0 Å². The molecular weight excluding hydrogens is 301 g/mol. The molecular formula is C16H22FN3O3. The molecule has 0 heterocycles. The fourth-order valence-electron chi connectivity index (χ4n) is 1.98. The molecule has 0 aliphatic rings. The van der Waals surface area contributed by atoms with Gasteiger partial charge in [-0.15, -0.1) is 0 Å². The average Bonchev–Trinajstić information content (AvgIpc) is 2.49. The summed E-state index contributed by atoms with van der Waals surface area (Å²) >= 11 is 0. The van der Waals surface area contributed by atoms with Crippen LogP contribution in [0.4, 0.5) is 4.39 Å². The van der Waals surface area contributed by atoms with Crippen LogP contribution in [0.1, 0.15) is 32.4 Å². The van der Waals surface area contributed by atoms with Crippen LogP contribution in [0, 0.1) is 11.7 Å². The molecule has 0 fully saturated rings. The molecule has 6 nitrogen and oxygen atoms in total. The first-order chi connectivity index (χ1) is 10.8. The third-order valence-corrected chi connectivity index (χ3v) is 3.16. The molecule has 1 rings (SSSR count). The maximum absolute atomic E-state index is 13.0. The van der Waals surface area contributed by atoms with E-state index in [1.165, 1.54) is 19.1 Å². The highest BCUT2D eigenvalue weighted by molar-refractivity contribution is 5.87. The number of nitrogens with one attached hydrogen (secondary N) is 3. The second kappa shape index (κ2) is 8.87. The maximum atomic E-state index is 13.0. The van der Waals surface area contributed by atoms with Crippen LogP contribution in [-0.4, -0.2) is 30.8 Å². The van der Waals surface area contributed by atoms with Crippen LogP contribution in [-0.2, 0) is 14.4 Å². The zero-order valence-electron chi connectivity index (χ0n) is 13.5. The van der Waals surface area contributed by atoms with E-state index in [9.17, 15) is 18.8 Å². The summed E-state index contributed by atoms with van der Waals surface area (Å²) in [5.41, 5.74) is 0.791. The first kappa shape index (κ1) is 18.6. The quantitative estimate of drug-likeness (QED) is 0.696. The van der Waals surface area contributed by atoms with E-state index < -0.39 is 5.91 Å². The van der Waals surface area contributed by atoms with Gasteiger partial charge in [0.15, 0.2) is 0 Å². The van der Waals surface area contributed by atoms with E-state index in [4.69, 9.17) is 0 Å². The monoisotopic (exact) mass is 323 g/mol. The summed E-state index contributed by atoms with van der Waals surface area (Å²) in [6.45, 7) is 4.81. The van der Waals surface area contributed by atoms with Crippen molar-refractivity contribution in [2.75, 3.05) is 13.1 Å². The lowest BCUT2D eigenvalue weighted by Crippen LogP contribution is -2.43. The minimum absolute atomic E-state index is 0.0968. The molecule has 0 aliphatic carbocycles. The highest BCUT2D eigenvalue weighted by atomic mass is 19.1. The Hall–Kier alpha value is -2.44. The number of amides is 3. The highest BCUT2D eigenvalue weighted by Crippen LogP contribution is 2.21. The molecule has 0 aliphatic heterocycles. The Morgan fingerprint density at radius 2 is 1.57 bits per heavy atom.